The Morgan fingerprint density at radius 3 is 2.44 bits per heavy atom. The van der Waals surface area contributed by atoms with Crippen LogP contribution in [0.3, 0.4) is 0 Å². The van der Waals surface area contributed by atoms with Gasteiger partial charge in [0.25, 0.3) is 15.9 Å². The highest BCUT2D eigenvalue weighted by molar-refractivity contribution is 9.10. The molecule has 2 heterocycles. The molecule has 0 unspecified atom stereocenters. The van der Waals surface area contributed by atoms with Gasteiger partial charge in [0.15, 0.2) is 0 Å². The van der Waals surface area contributed by atoms with Crippen molar-refractivity contribution in [3.05, 3.63) is 87.1 Å². The number of para-hydroxylation sites is 2. The summed E-state index contributed by atoms with van der Waals surface area (Å²) in [4.78, 5) is 16.9. The first-order valence-electron chi connectivity index (χ1n) is 12.7. The van der Waals surface area contributed by atoms with Crippen molar-refractivity contribution in [2.45, 2.75) is 23.7 Å². The van der Waals surface area contributed by atoms with E-state index < -0.39 is 10.0 Å². The summed E-state index contributed by atoms with van der Waals surface area (Å²) in [5.41, 5.74) is 2.05. The third-order valence-corrected chi connectivity index (χ3v) is 9.49. The number of ether oxygens (including phenoxy) is 1. The smallest absolute Gasteiger partial charge is 0.263 e. The maximum Gasteiger partial charge on any atom is 0.263 e. The Balaban J connectivity index is 1.32. The Morgan fingerprint density at radius 1 is 1.00 bits per heavy atom. The predicted octanol–water partition coefficient (Wildman–Crippen LogP) is 5.90. The van der Waals surface area contributed by atoms with Crippen LogP contribution in [-0.4, -0.2) is 58.6 Å². The zero-order valence-corrected chi connectivity index (χ0v) is 24.2. The van der Waals surface area contributed by atoms with Crippen molar-refractivity contribution in [3.8, 4) is 0 Å². The fourth-order valence-corrected chi connectivity index (χ4v) is 7.03. The van der Waals surface area contributed by atoms with Gasteiger partial charge in [-0.15, -0.1) is 0 Å². The molecule has 0 atom stereocenters. The van der Waals surface area contributed by atoms with Crippen LogP contribution in [0.4, 0.5) is 15.8 Å². The lowest BCUT2D eigenvalue weighted by Crippen LogP contribution is -2.38. The number of hydrogen-bond acceptors (Lipinski definition) is 5. The van der Waals surface area contributed by atoms with Crippen LogP contribution in [0.25, 0.3) is 0 Å². The highest BCUT2D eigenvalue weighted by Crippen LogP contribution is 2.33. The molecule has 2 saturated heterocycles. The quantitative estimate of drug-likeness (QED) is 0.365. The van der Waals surface area contributed by atoms with Gasteiger partial charge < -0.3 is 14.5 Å². The molecule has 2 fully saturated rings. The number of amides is 1. The van der Waals surface area contributed by atoms with Crippen LogP contribution >= 0.6 is 27.5 Å². The second-order valence-corrected chi connectivity index (χ2v) is 12.6. The molecule has 0 aromatic heterocycles. The molecule has 206 valence electrons. The van der Waals surface area contributed by atoms with Crippen LogP contribution in [0, 0.1) is 5.82 Å². The molecule has 1 N–H and O–H groups in total. The van der Waals surface area contributed by atoms with Crippen molar-refractivity contribution in [2.75, 3.05) is 49.0 Å². The van der Waals surface area contributed by atoms with E-state index >= 15 is 0 Å². The number of nitrogens with one attached hydrogen (secondary N) is 1. The number of piperidine rings is 1. The van der Waals surface area contributed by atoms with E-state index in [9.17, 15) is 17.6 Å². The van der Waals surface area contributed by atoms with Crippen LogP contribution in [0.2, 0.25) is 5.02 Å². The number of hydrogen-bond donors (Lipinski definition) is 1. The minimum Gasteiger partial charge on any atom is -0.378 e. The Morgan fingerprint density at radius 2 is 1.72 bits per heavy atom. The predicted molar refractivity (Wildman–Crippen MR) is 154 cm³/mol. The summed E-state index contributed by atoms with van der Waals surface area (Å²) in [5.74, 6) is -0.532. The molecule has 0 aliphatic carbocycles. The Hall–Kier alpha value is -2.66. The standard InChI is InChI=1S/C28H28BrClFN3O4S/c29-21-6-7-22(24(31)18-21)19-9-11-34(12-10-19)28(35)20-5-8-23(30)27(17-20)39(36,37)32-25-3-1-2-4-26(25)33-13-15-38-16-14-33/h1-8,17-19,32H,9-16H2. The maximum atomic E-state index is 14.4. The lowest BCUT2D eigenvalue weighted by molar-refractivity contribution is 0.0712. The summed E-state index contributed by atoms with van der Waals surface area (Å²) in [5, 5.41) is 0.0207. The third kappa shape index (κ3) is 6.24. The van der Waals surface area contributed by atoms with E-state index in [4.69, 9.17) is 16.3 Å². The number of halogens is 3. The zero-order valence-electron chi connectivity index (χ0n) is 21.1. The molecular weight excluding hydrogens is 609 g/mol. The normalized spacial score (nSPS) is 16.8. The SMILES string of the molecule is O=C(c1ccc(Cl)c(S(=O)(=O)Nc2ccccc2N2CCOCC2)c1)N1CCC(c2ccc(Br)cc2F)CC1. The second kappa shape index (κ2) is 11.8. The number of morpholine rings is 1. The number of benzene rings is 3. The van der Waals surface area contributed by atoms with Gasteiger partial charge in [0, 0.05) is 36.2 Å². The first-order valence-corrected chi connectivity index (χ1v) is 15.4. The summed E-state index contributed by atoms with van der Waals surface area (Å²) in [6, 6.07) is 16.5. The summed E-state index contributed by atoms with van der Waals surface area (Å²) in [6.45, 7) is 3.30. The number of carbonyl (C=O) groups excluding carboxylic acids is 1. The van der Waals surface area contributed by atoms with Crippen LogP contribution in [0.15, 0.2) is 70.0 Å². The number of rotatable bonds is 6. The summed E-state index contributed by atoms with van der Waals surface area (Å²) in [7, 11) is -4.10. The zero-order chi connectivity index (χ0) is 27.6. The molecule has 11 heteroatoms. The summed E-state index contributed by atoms with van der Waals surface area (Å²) >= 11 is 9.61. The number of sulfonamides is 1. The number of nitrogens with zero attached hydrogens (tertiary/aromatic N) is 2. The van der Waals surface area contributed by atoms with Gasteiger partial charge in [0.1, 0.15) is 10.7 Å². The van der Waals surface area contributed by atoms with E-state index in [2.05, 4.69) is 25.6 Å². The fraction of sp³-hybridized carbons (Fsp3) is 0.321. The largest absolute Gasteiger partial charge is 0.378 e. The van der Waals surface area contributed by atoms with E-state index in [-0.39, 0.29) is 33.1 Å². The van der Waals surface area contributed by atoms with E-state index in [0.717, 1.165) is 5.69 Å². The molecule has 1 amide bonds. The molecule has 7 nitrogen and oxygen atoms in total. The number of anilines is 2. The highest BCUT2D eigenvalue weighted by atomic mass is 79.9. The van der Waals surface area contributed by atoms with Crippen molar-refractivity contribution in [2.24, 2.45) is 0 Å². The average molecular weight is 637 g/mol. The van der Waals surface area contributed by atoms with Gasteiger partial charge >= 0.3 is 0 Å². The van der Waals surface area contributed by atoms with Gasteiger partial charge in [-0.2, -0.15) is 0 Å². The minimum atomic E-state index is -4.10. The first-order chi connectivity index (χ1) is 18.7. The molecule has 0 spiro atoms. The molecule has 3 aromatic rings. The van der Waals surface area contributed by atoms with Gasteiger partial charge in [0.05, 0.1) is 29.6 Å². The van der Waals surface area contributed by atoms with Crippen LogP contribution in [0.5, 0.6) is 0 Å². The second-order valence-electron chi connectivity index (χ2n) is 9.60. The monoisotopic (exact) mass is 635 g/mol. The van der Waals surface area contributed by atoms with Crippen LogP contribution in [0.1, 0.15) is 34.7 Å². The Labute approximate surface area is 241 Å². The molecular formula is C28H28BrClFN3O4S. The average Bonchev–Trinajstić information content (AvgIpc) is 2.93. The van der Waals surface area contributed by atoms with Crippen molar-refractivity contribution in [3.63, 3.8) is 0 Å². The molecule has 2 aliphatic heterocycles. The van der Waals surface area contributed by atoms with Gasteiger partial charge in [-0.3, -0.25) is 9.52 Å². The van der Waals surface area contributed by atoms with Gasteiger partial charge in [-0.25, -0.2) is 12.8 Å². The van der Waals surface area contributed by atoms with E-state index in [0.29, 0.717) is 68.0 Å². The van der Waals surface area contributed by atoms with E-state index in [1.54, 1.807) is 23.1 Å². The first kappa shape index (κ1) is 27.9. The van der Waals surface area contributed by atoms with Crippen molar-refractivity contribution in [1.29, 1.82) is 0 Å². The van der Waals surface area contributed by atoms with Crippen molar-refractivity contribution in [1.82, 2.24) is 4.90 Å². The van der Waals surface area contributed by atoms with Crippen LogP contribution in [-0.2, 0) is 14.8 Å². The topological polar surface area (TPSA) is 79.0 Å². The lowest BCUT2D eigenvalue weighted by atomic mass is 9.89. The van der Waals surface area contributed by atoms with E-state index in [1.807, 2.05) is 18.2 Å². The molecule has 0 bridgehead atoms. The molecule has 5 rings (SSSR count). The Bertz CT molecular complexity index is 1480. The number of carbonyl (C=O) groups is 1. The van der Waals surface area contributed by atoms with Gasteiger partial charge in [0.2, 0.25) is 0 Å². The molecule has 39 heavy (non-hydrogen) atoms. The molecule has 2 aliphatic rings. The molecule has 0 radical (unpaired) electrons. The lowest BCUT2D eigenvalue weighted by Gasteiger charge is -2.32. The minimum absolute atomic E-state index is 0.0130. The third-order valence-electron chi connectivity index (χ3n) is 7.15. The van der Waals surface area contributed by atoms with E-state index in [1.165, 1.54) is 24.3 Å². The highest BCUT2D eigenvalue weighted by Gasteiger charge is 2.28. The summed E-state index contributed by atoms with van der Waals surface area (Å²) < 4.78 is 50.1. The van der Waals surface area contributed by atoms with Crippen molar-refractivity contribution >= 4 is 54.8 Å². The van der Waals surface area contributed by atoms with Gasteiger partial charge in [-0.05, 0) is 66.8 Å². The molecule has 0 saturated carbocycles. The fourth-order valence-electron chi connectivity index (χ4n) is 5.09. The Kier molecular flexibility index (Phi) is 8.46. The van der Waals surface area contributed by atoms with Gasteiger partial charge in [-0.1, -0.05) is 45.7 Å². The maximum absolute atomic E-state index is 14.4. The van der Waals surface area contributed by atoms with Crippen molar-refractivity contribution < 1.29 is 22.3 Å². The summed E-state index contributed by atoms with van der Waals surface area (Å²) in [6.07, 6.45) is 1.23. The molecule has 3 aromatic carbocycles. The van der Waals surface area contributed by atoms with Crippen LogP contribution < -0.4 is 9.62 Å². The number of likely N-dealkylation sites (tertiary alicyclic amines) is 1.